The predicted molar refractivity (Wildman–Crippen MR) is 391 cm³/mol. The van der Waals surface area contributed by atoms with Gasteiger partial charge in [0.05, 0.1) is 26.4 Å². The summed E-state index contributed by atoms with van der Waals surface area (Å²) >= 11 is 0. The van der Waals surface area contributed by atoms with Gasteiger partial charge in [-0.15, -0.1) is 0 Å². The summed E-state index contributed by atoms with van der Waals surface area (Å²) in [5, 5.41) is 10.6. The lowest BCUT2D eigenvalue weighted by molar-refractivity contribution is -0.161. The van der Waals surface area contributed by atoms with Crippen molar-refractivity contribution < 1.29 is 80.2 Å². The first-order valence-corrected chi connectivity index (χ1v) is 42.7. The van der Waals surface area contributed by atoms with Crippen LogP contribution in [0.3, 0.4) is 0 Å². The quantitative estimate of drug-likeness (QED) is 0.0222. The second-order valence-corrected chi connectivity index (χ2v) is 32.3. The summed E-state index contributed by atoms with van der Waals surface area (Å²) in [5.74, 6) is 0.965. The summed E-state index contributed by atoms with van der Waals surface area (Å²) in [7, 11) is -9.92. The smallest absolute Gasteiger partial charge is 0.462 e. The maximum absolute atomic E-state index is 13.1. The number of aliphatic hydroxyl groups is 1. The number of hydrogen-bond acceptors (Lipinski definition) is 15. The van der Waals surface area contributed by atoms with E-state index in [1.807, 2.05) is 0 Å². The molecule has 0 heterocycles. The summed E-state index contributed by atoms with van der Waals surface area (Å²) in [6.07, 6.45) is 51.3. The van der Waals surface area contributed by atoms with Crippen LogP contribution in [0.15, 0.2) is 0 Å². The highest BCUT2D eigenvalue weighted by atomic mass is 31.2. The third kappa shape index (κ3) is 69.2. The lowest BCUT2D eigenvalue weighted by Gasteiger charge is -2.21. The van der Waals surface area contributed by atoms with Crippen molar-refractivity contribution in [2.24, 2.45) is 23.7 Å². The molecule has 0 amide bonds. The van der Waals surface area contributed by atoms with Crippen LogP contribution in [0.2, 0.25) is 0 Å². The van der Waals surface area contributed by atoms with Crippen molar-refractivity contribution in [2.75, 3.05) is 39.6 Å². The largest absolute Gasteiger partial charge is 0.472 e. The van der Waals surface area contributed by atoms with Crippen LogP contribution in [0.1, 0.15) is 389 Å². The van der Waals surface area contributed by atoms with Gasteiger partial charge in [-0.2, -0.15) is 0 Å². The molecule has 0 aliphatic rings. The fourth-order valence-electron chi connectivity index (χ4n) is 11.7. The minimum Gasteiger partial charge on any atom is -0.462 e. The fourth-order valence-corrected chi connectivity index (χ4v) is 13.3. The van der Waals surface area contributed by atoms with Crippen LogP contribution in [-0.4, -0.2) is 96.7 Å². The van der Waals surface area contributed by atoms with Gasteiger partial charge < -0.3 is 33.8 Å². The number of carbonyl (C=O) groups excluding carboxylic acids is 4. The monoisotopic (exact) mass is 1410 g/mol. The van der Waals surface area contributed by atoms with E-state index in [0.29, 0.717) is 31.6 Å². The van der Waals surface area contributed by atoms with E-state index in [1.165, 1.54) is 186 Å². The maximum atomic E-state index is 13.1. The minimum atomic E-state index is -4.96. The molecule has 0 aromatic rings. The Morgan fingerprint density at radius 1 is 0.292 bits per heavy atom. The van der Waals surface area contributed by atoms with Crippen LogP contribution in [-0.2, 0) is 65.4 Å². The van der Waals surface area contributed by atoms with Crippen LogP contribution in [0.4, 0.5) is 0 Å². The second-order valence-electron chi connectivity index (χ2n) is 29.4. The summed E-state index contributed by atoms with van der Waals surface area (Å²) < 4.78 is 68.6. The second kappa shape index (κ2) is 66.3. The Kier molecular flexibility index (Phi) is 65.0. The van der Waals surface area contributed by atoms with E-state index in [0.717, 1.165) is 114 Å². The highest BCUT2D eigenvalue weighted by Gasteiger charge is 2.30. The Morgan fingerprint density at radius 2 is 0.500 bits per heavy atom. The predicted octanol–water partition coefficient (Wildman–Crippen LogP) is 22.4. The van der Waals surface area contributed by atoms with E-state index in [-0.39, 0.29) is 25.7 Å². The molecule has 0 aromatic carbocycles. The van der Waals surface area contributed by atoms with E-state index in [2.05, 4.69) is 55.4 Å². The van der Waals surface area contributed by atoms with Crippen molar-refractivity contribution in [1.82, 2.24) is 0 Å². The van der Waals surface area contributed by atoms with Gasteiger partial charge in [-0.1, -0.05) is 338 Å². The SMILES string of the molecule is CCC(C)CCCCCCCCCCCCC(=O)O[C@H](COC(=O)CCCCCCCCCCCCCCC(C)C)COP(=O)(O)OCC(O)COP(=O)(O)OC[C@@H](COC(=O)CCCCCCCCCC(C)C)OC(=O)CCCCCCCCCCCCCCCCC(C)C. The highest BCUT2D eigenvalue weighted by molar-refractivity contribution is 7.47. The van der Waals surface area contributed by atoms with Crippen LogP contribution >= 0.6 is 15.6 Å². The Hall–Kier alpha value is -1.94. The lowest BCUT2D eigenvalue weighted by atomic mass is 9.99. The number of aliphatic hydroxyl groups excluding tert-OH is 1. The van der Waals surface area contributed by atoms with Gasteiger partial charge in [0.25, 0.3) is 0 Å². The van der Waals surface area contributed by atoms with Gasteiger partial charge in [0, 0.05) is 25.7 Å². The molecule has 19 heteroatoms. The molecule has 0 saturated carbocycles. The molecule has 0 spiro atoms. The van der Waals surface area contributed by atoms with Gasteiger partial charge in [0.2, 0.25) is 0 Å². The summed E-state index contributed by atoms with van der Waals surface area (Å²) in [6, 6.07) is 0. The Morgan fingerprint density at radius 3 is 0.740 bits per heavy atom. The summed E-state index contributed by atoms with van der Waals surface area (Å²) in [4.78, 5) is 72.9. The first-order valence-electron chi connectivity index (χ1n) is 39.7. The van der Waals surface area contributed by atoms with Gasteiger partial charge in [0.1, 0.15) is 19.3 Å². The van der Waals surface area contributed by atoms with Crippen molar-refractivity contribution >= 4 is 39.5 Å². The molecule has 4 unspecified atom stereocenters. The first kappa shape index (κ1) is 94.1. The summed E-state index contributed by atoms with van der Waals surface area (Å²) in [6.45, 7) is 14.2. The zero-order chi connectivity index (χ0) is 71.0. The number of carbonyl (C=O) groups is 4. The molecular weight excluding hydrogens is 1260 g/mol. The average molecular weight is 1410 g/mol. The average Bonchev–Trinajstić information content (AvgIpc) is 1.20. The number of rotatable bonds is 74. The molecule has 0 saturated heterocycles. The summed E-state index contributed by atoms with van der Waals surface area (Å²) in [5.41, 5.74) is 0. The third-order valence-corrected chi connectivity index (χ3v) is 20.1. The lowest BCUT2D eigenvalue weighted by Crippen LogP contribution is -2.30. The Bertz CT molecular complexity index is 1890. The van der Waals surface area contributed by atoms with Gasteiger partial charge >= 0.3 is 39.5 Å². The Labute approximate surface area is 588 Å². The van der Waals surface area contributed by atoms with E-state index in [9.17, 15) is 43.2 Å². The molecule has 0 aliphatic carbocycles. The van der Waals surface area contributed by atoms with Crippen LogP contribution in [0.5, 0.6) is 0 Å². The number of esters is 4. The van der Waals surface area contributed by atoms with Gasteiger partial charge in [-0.05, 0) is 49.4 Å². The molecule has 0 aromatic heterocycles. The molecule has 0 radical (unpaired) electrons. The number of phosphoric ester groups is 2. The van der Waals surface area contributed by atoms with E-state index in [4.69, 9.17) is 37.0 Å². The standard InChI is InChI=1S/C77H150O17P2/c1-9-70(8)56-48-40-32-24-20-21-27-35-44-52-60-77(82)93-72(63-87-74(79)57-49-41-33-25-18-15-14-17-23-30-38-46-54-68(4)5)65-91-95(83,84)89-61-71(78)62-90-96(85,86)92-66-73(64-88-75(80)58-50-42-36-28-31-39-47-55-69(6)7)94-76(81)59-51-43-34-26-19-13-11-10-12-16-22-29-37-45-53-67(2)3/h67-73,78H,9-66H2,1-8H3,(H,83,84)(H,85,86)/t70?,71?,72-,73-/m1/s1. The van der Waals surface area contributed by atoms with Crippen molar-refractivity contribution in [3.63, 3.8) is 0 Å². The van der Waals surface area contributed by atoms with Gasteiger partial charge in [-0.3, -0.25) is 37.3 Å². The number of phosphoric acid groups is 2. The first-order chi connectivity index (χ1) is 46.1. The molecule has 0 rings (SSSR count). The van der Waals surface area contributed by atoms with Crippen LogP contribution in [0, 0.1) is 23.7 Å². The number of hydrogen-bond donors (Lipinski definition) is 3. The molecule has 0 bridgehead atoms. The fraction of sp³-hybridized carbons (Fsp3) is 0.948. The van der Waals surface area contributed by atoms with Gasteiger partial charge in [-0.25, -0.2) is 9.13 Å². The van der Waals surface area contributed by atoms with E-state index < -0.39 is 97.5 Å². The molecular formula is C77H150O17P2. The van der Waals surface area contributed by atoms with E-state index >= 15 is 0 Å². The van der Waals surface area contributed by atoms with Crippen molar-refractivity contribution in [3.8, 4) is 0 Å². The van der Waals surface area contributed by atoms with Crippen LogP contribution < -0.4 is 0 Å². The number of ether oxygens (including phenoxy) is 4. The normalized spacial score (nSPS) is 14.4. The van der Waals surface area contributed by atoms with Crippen molar-refractivity contribution in [1.29, 1.82) is 0 Å². The topological polar surface area (TPSA) is 237 Å². The molecule has 96 heavy (non-hydrogen) atoms. The number of unbranched alkanes of at least 4 members (excludes halogenated alkanes) is 39. The van der Waals surface area contributed by atoms with E-state index in [1.54, 1.807) is 0 Å². The third-order valence-electron chi connectivity index (χ3n) is 18.2. The maximum Gasteiger partial charge on any atom is 0.472 e. The zero-order valence-corrected chi connectivity index (χ0v) is 64.8. The minimum absolute atomic E-state index is 0.106. The van der Waals surface area contributed by atoms with Crippen molar-refractivity contribution in [3.05, 3.63) is 0 Å². The van der Waals surface area contributed by atoms with Crippen LogP contribution in [0.25, 0.3) is 0 Å². The molecule has 0 aliphatic heterocycles. The molecule has 570 valence electrons. The highest BCUT2D eigenvalue weighted by Crippen LogP contribution is 2.45. The molecule has 17 nitrogen and oxygen atoms in total. The van der Waals surface area contributed by atoms with Gasteiger partial charge in [0.15, 0.2) is 12.2 Å². The molecule has 6 atom stereocenters. The van der Waals surface area contributed by atoms with Crippen molar-refractivity contribution in [2.45, 2.75) is 408 Å². The molecule has 0 fully saturated rings. The Balaban J connectivity index is 5.25. The zero-order valence-electron chi connectivity index (χ0n) is 63.0. The molecule has 3 N–H and O–H groups in total.